The molecule has 0 fully saturated rings. The summed E-state index contributed by atoms with van der Waals surface area (Å²) in [5, 5.41) is 2.83. The minimum Gasteiger partial charge on any atom is -0.497 e. The smallest absolute Gasteiger partial charge is 0.264 e. The molecule has 6 nitrogen and oxygen atoms in total. The number of hydrogen-bond donors (Lipinski definition) is 1. The maximum atomic E-state index is 13.0. The highest BCUT2D eigenvalue weighted by Crippen LogP contribution is 2.24. The van der Waals surface area contributed by atoms with E-state index in [1.165, 1.54) is 23.5 Å². The van der Waals surface area contributed by atoms with Crippen LogP contribution in [0.1, 0.15) is 21.5 Å². The molecule has 0 saturated carbocycles. The minimum absolute atomic E-state index is 0.0452. The number of ether oxygens (including phenoxy) is 1. The predicted molar refractivity (Wildman–Crippen MR) is 117 cm³/mol. The van der Waals surface area contributed by atoms with E-state index < -0.39 is 10.0 Å². The van der Waals surface area contributed by atoms with Gasteiger partial charge in [-0.05, 0) is 55.0 Å². The molecular weight excluding hydrogens is 400 g/mol. The van der Waals surface area contributed by atoms with E-state index in [0.29, 0.717) is 18.0 Å². The first-order valence-corrected chi connectivity index (χ1v) is 10.8. The van der Waals surface area contributed by atoms with E-state index in [4.69, 9.17) is 4.74 Å². The van der Waals surface area contributed by atoms with Crippen LogP contribution >= 0.6 is 0 Å². The maximum Gasteiger partial charge on any atom is 0.264 e. The van der Waals surface area contributed by atoms with E-state index in [2.05, 4.69) is 5.32 Å². The molecule has 3 rings (SSSR count). The Kier molecular flexibility index (Phi) is 6.42. The van der Waals surface area contributed by atoms with Crippen LogP contribution in [0, 0.1) is 6.92 Å². The summed E-state index contributed by atoms with van der Waals surface area (Å²) in [6, 6.07) is 20.6. The van der Waals surface area contributed by atoms with Crippen molar-refractivity contribution in [1.82, 2.24) is 5.32 Å². The van der Waals surface area contributed by atoms with Crippen molar-refractivity contribution in [3.05, 3.63) is 89.5 Å². The molecule has 0 bridgehead atoms. The van der Waals surface area contributed by atoms with Gasteiger partial charge in [-0.3, -0.25) is 9.10 Å². The number of nitrogens with zero attached hydrogens (tertiary/aromatic N) is 1. The molecule has 0 heterocycles. The number of amides is 1. The van der Waals surface area contributed by atoms with Crippen LogP contribution in [0.15, 0.2) is 77.7 Å². The Labute approximate surface area is 177 Å². The Morgan fingerprint density at radius 1 is 1.00 bits per heavy atom. The van der Waals surface area contributed by atoms with Gasteiger partial charge in [-0.2, -0.15) is 0 Å². The van der Waals surface area contributed by atoms with Crippen molar-refractivity contribution < 1.29 is 17.9 Å². The molecule has 0 spiro atoms. The van der Waals surface area contributed by atoms with Gasteiger partial charge in [0, 0.05) is 19.2 Å². The molecule has 0 unspecified atom stereocenters. The van der Waals surface area contributed by atoms with E-state index in [0.717, 1.165) is 11.1 Å². The third kappa shape index (κ3) is 4.80. The van der Waals surface area contributed by atoms with Crippen LogP contribution in [0.2, 0.25) is 0 Å². The van der Waals surface area contributed by atoms with E-state index in [1.54, 1.807) is 43.5 Å². The summed E-state index contributed by atoms with van der Waals surface area (Å²) in [6.07, 6.45) is 0. The van der Waals surface area contributed by atoms with Crippen molar-refractivity contribution in [3.63, 3.8) is 0 Å². The normalized spacial score (nSPS) is 11.0. The number of methoxy groups -OCH3 is 1. The van der Waals surface area contributed by atoms with Gasteiger partial charge in [0.15, 0.2) is 0 Å². The highest BCUT2D eigenvalue weighted by molar-refractivity contribution is 7.92. The highest BCUT2D eigenvalue weighted by Gasteiger charge is 2.22. The van der Waals surface area contributed by atoms with Crippen LogP contribution in [-0.4, -0.2) is 28.5 Å². The minimum atomic E-state index is -3.83. The highest BCUT2D eigenvalue weighted by atomic mass is 32.2. The lowest BCUT2D eigenvalue weighted by Crippen LogP contribution is -2.27. The van der Waals surface area contributed by atoms with Gasteiger partial charge in [0.05, 0.1) is 17.7 Å². The Morgan fingerprint density at radius 2 is 1.67 bits per heavy atom. The van der Waals surface area contributed by atoms with Gasteiger partial charge < -0.3 is 10.1 Å². The van der Waals surface area contributed by atoms with Gasteiger partial charge in [0.1, 0.15) is 5.75 Å². The number of carbonyl (C=O) groups excluding carboxylic acids is 1. The second kappa shape index (κ2) is 9.00. The van der Waals surface area contributed by atoms with Crippen LogP contribution in [0.5, 0.6) is 5.75 Å². The molecule has 1 amide bonds. The SMILES string of the molecule is COc1ccc(N(C)S(=O)(=O)c2cccc(C(=O)NCc3ccc(C)cc3)c2)cc1. The average Bonchev–Trinajstić information content (AvgIpc) is 2.78. The van der Waals surface area contributed by atoms with Crippen molar-refractivity contribution in [1.29, 1.82) is 0 Å². The summed E-state index contributed by atoms with van der Waals surface area (Å²) in [7, 11) is -0.807. The first-order chi connectivity index (χ1) is 14.3. The first-order valence-electron chi connectivity index (χ1n) is 9.38. The molecule has 7 heteroatoms. The van der Waals surface area contributed by atoms with E-state index in [9.17, 15) is 13.2 Å². The Hall–Kier alpha value is -3.32. The number of aryl methyl sites for hydroxylation is 1. The molecule has 1 N–H and O–H groups in total. The lowest BCUT2D eigenvalue weighted by Gasteiger charge is -2.20. The quantitative estimate of drug-likeness (QED) is 0.627. The summed E-state index contributed by atoms with van der Waals surface area (Å²) in [4.78, 5) is 12.6. The van der Waals surface area contributed by atoms with Crippen molar-refractivity contribution in [2.45, 2.75) is 18.4 Å². The van der Waals surface area contributed by atoms with Crippen LogP contribution < -0.4 is 14.4 Å². The Bertz CT molecular complexity index is 1120. The maximum absolute atomic E-state index is 13.0. The van der Waals surface area contributed by atoms with Crippen molar-refractivity contribution in [2.24, 2.45) is 0 Å². The van der Waals surface area contributed by atoms with E-state index in [1.807, 2.05) is 31.2 Å². The van der Waals surface area contributed by atoms with Crippen molar-refractivity contribution >= 4 is 21.6 Å². The third-order valence-corrected chi connectivity index (χ3v) is 6.55. The van der Waals surface area contributed by atoms with Crippen molar-refractivity contribution in [2.75, 3.05) is 18.5 Å². The number of anilines is 1. The number of benzene rings is 3. The summed E-state index contributed by atoms with van der Waals surface area (Å²) < 4.78 is 32.4. The van der Waals surface area contributed by atoms with E-state index in [-0.39, 0.29) is 16.4 Å². The third-order valence-electron chi connectivity index (χ3n) is 4.76. The monoisotopic (exact) mass is 424 g/mol. The number of hydrogen-bond acceptors (Lipinski definition) is 4. The molecule has 0 saturated heterocycles. The number of nitrogens with one attached hydrogen (secondary N) is 1. The van der Waals surface area contributed by atoms with Gasteiger partial charge in [0.25, 0.3) is 15.9 Å². The molecule has 3 aromatic carbocycles. The lowest BCUT2D eigenvalue weighted by molar-refractivity contribution is 0.0950. The number of sulfonamides is 1. The van der Waals surface area contributed by atoms with Gasteiger partial charge >= 0.3 is 0 Å². The average molecular weight is 425 g/mol. The second-order valence-electron chi connectivity index (χ2n) is 6.87. The number of carbonyl (C=O) groups is 1. The zero-order valence-corrected chi connectivity index (χ0v) is 17.9. The molecule has 0 aromatic heterocycles. The van der Waals surface area contributed by atoms with Crippen LogP contribution in [0.3, 0.4) is 0 Å². The molecular formula is C23H24N2O4S. The Morgan fingerprint density at radius 3 is 2.30 bits per heavy atom. The summed E-state index contributed by atoms with van der Waals surface area (Å²) in [6.45, 7) is 2.36. The zero-order valence-electron chi connectivity index (χ0n) is 17.1. The largest absolute Gasteiger partial charge is 0.497 e. The fourth-order valence-electron chi connectivity index (χ4n) is 2.88. The molecule has 30 heavy (non-hydrogen) atoms. The first kappa shape index (κ1) is 21.4. The molecule has 0 radical (unpaired) electrons. The van der Waals surface area contributed by atoms with Gasteiger partial charge in [-0.25, -0.2) is 8.42 Å². The second-order valence-corrected chi connectivity index (χ2v) is 8.84. The summed E-state index contributed by atoms with van der Waals surface area (Å²) in [5.74, 6) is 0.302. The standard InChI is InChI=1S/C23H24N2O4S/c1-17-7-9-18(10-8-17)16-24-23(26)19-5-4-6-22(15-19)30(27,28)25(2)20-11-13-21(29-3)14-12-20/h4-15H,16H2,1-3H3,(H,24,26). The molecule has 0 aliphatic carbocycles. The van der Waals surface area contributed by atoms with Crippen LogP contribution in [-0.2, 0) is 16.6 Å². The molecule has 0 aliphatic rings. The van der Waals surface area contributed by atoms with Crippen molar-refractivity contribution in [3.8, 4) is 5.75 Å². The summed E-state index contributed by atoms with van der Waals surface area (Å²) >= 11 is 0. The lowest BCUT2D eigenvalue weighted by atomic mass is 10.1. The van der Waals surface area contributed by atoms with Gasteiger partial charge in [-0.15, -0.1) is 0 Å². The Balaban J connectivity index is 1.77. The number of rotatable bonds is 7. The van der Waals surface area contributed by atoms with Crippen LogP contribution in [0.4, 0.5) is 5.69 Å². The molecule has 156 valence electrons. The fraction of sp³-hybridized carbons (Fsp3) is 0.174. The molecule has 0 aliphatic heterocycles. The molecule has 3 aromatic rings. The van der Waals surface area contributed by atoms with Gasteiger partial charge in [0.2, 0.25) is 0 Å². The van der Waals surface area contributed by atoms with Crippen LogP contribution in [0.25, 0.3) is 0 Å². The molecule has 0 atom stereocenters. The summed E-state index contributed by atoms with van der Waals surface area (Å²) in [5.41, 5.74) is 2.89. The predicted octanol–water partition coefficient (Wildman–Crippen LogP) is 3.76. The zero-order chi connectivity index (χ0) is 21.7. The topological polar surface area (TPSA) is 75.7 Å². The van der Waals surface area contributed by atoms with E-state index >= 15 is 0 Å². The van der Waals surface area contributed by atoms with Gasteiger partial charge in [-0.1, -0.05) is 35.9 Å². The fourth-order valence-corrected chi connectivity index (χ4v) is 4.12.